The molecule has 0 radical (unpaired) electrons. The van der Waals surface area contributed by atoms with Gasteiger partial charge < -0.3 is 16.2 Å². The summed E-state index contributed by atoms with van der Waals surface area (Å²) in [4.78, 5) is 11.9. The van der Waals surface area contributed by atoms with Crippen LogP contribution in [0.5, 0.6) is 0 Å². The van der Waals surface area contributed by atoms with Crippen LogP contribution in [0.25, 0.3) is 0 Å². The highest BCUT2D eigenvalue weighted by Crippen LogP contribution is 2.31. The maximum absolute atomic E-state index is 11.9. The number of hydrogen-bond donors (Lipinski definition) is 3. The van der Waals surface area contributed by atoms with Crippen molar-refractivity contribution < 1.29 is 9.90 Å². The molecule has 2 fully saturated rings. The monoisotopic (exact) mass is 254 g/mol. The number of aliphatic hydroxyl groups excluding tert-OH is 1. The van der Waals surface area contributed by atoms with Gasteiger partial charge in [-0.3, -0.25) is 4.79 Å². The van der Waals surface area contributed by atoms with Crippen LogP contribution < -0.4 is 11.1 Å². The molecule has 0 spiro atoms. The van der Waals surface area contributed by atoms with Crippen LogP contribution in [-0.4, -0.2) is 29.7 Å². The molecule has 4 nitrogen and oxygen atoms in total. The first kappa shape index (κ1) is 13.8. The summed E-state index contributed by atoms with van der Waals surface area (Å²) in [6.45, 7) is 0.960. The second-order valence-corrected chi connectivity index (χ2v) is 6.18. The molecule has 0 bridgehead atoms. The van der Waals surface area contributed by atoms with Crippen molar-refractivity contribution in [3.8, 4) is 0 Å². The average molecular weight is 254 g/mol. The van der Waals surface area contributed by atoms with E-state index in [1.165, 1.54) is 6.42 Å². The highest BCUT2D eigenvalue weighted by molar-refractivity contribution is 5.77. The number of carbonyl (C=O) groups excluding carboxylic acids is 1. The molecule has 2 saturated carbocycles. The Kier molecular flexibility index (Phi) is 4.62. The van der Waals surface area contributed by atoms with Crippen LogP contribution in [0.3, 0.4) is 0 Å². The van der Waals surface area contributed by atoms with Gasteiger partial charge in [-0.15, -0.1) is 0 Å². The van der Waals surface area contributed by atoms with Crippen LogP contribution in [0, 0.1) is 11.8 Å². The molecule has 2 rings (SSSR count). The van der Waals surface area contributed by atoms with E-state index in [2.05, 4.69) is 5.32 Å². The highest BCUT2D eigenvalue weighted by Gasteiger charge is 2.32. The Morgan fingerprint density at radius 2 is 1.89 bits per heavy atom. The summed E-state index contributed by atoms with van der Waals surface area (Å²) in [5.74, 6) is 0.919. The van der Waals surface area contributed by atoms with Crippen LogP contribution in [-0.2, 0) is 4.79 Å². The number of nitrogens with one attached hydrogen (secondary N) is 1. The van der Waals surface area contributed by atoms with Crippen LogP contribution in [0.15, 0.2) is 0 Å². The van der Waals surface area contributed by atoms with Crippen molar-refractivity contribution in [2.75, 3.05) is 13.2 Å². The third-order valence-corrected chi connectivity index (χ3v) is 4.72. The quantitative estimate of drug-likeness (QED) is 0.689. The Balaban J connectivity index is 1.71. The lowest BCUT2D eigenvalue weighted by Gasteiger charge is -2.24. The van der Waals surface area contributed by atoms with Gasteiger partial charge in [-0.05, 0) is 37.5 Å². The van der Waals surface area contributed by atoms with E-state index < -0.39 is 0 Å². The molecule has 18 heavy (non-hydrogen) atoms. The smallest absolute Gasteiger partial charge is 0.221 e. The van der Waals surface area contributed by atoms with Crippen molar-refractivity contribution in [3.05, 3.63) is 0 Å². The van der Waals surface area contributed by atoms with E-state index in [-0.39, 0.29) is 18.1 Å². The lowest BCUT2D eigenvalue weighted by atomic mass is 9.93. The van der Waals surface area contributed by atoms with Gasteiger partial charge in [0.1, 0.15) is 0 Å². The minimum atomic E-state index is -0.254. The summed E-state index contributed by atoms with van der Waals surface area (Å²) >= 11 is 0. The first-order valence-electron chi connectivity index (χ1n) is 7.29. The zero-order valence-electron chi connectivity index (χ0n) is 11.2. The lowest BCUT2D eigenvalue weighted by Crippen LogP contribution is -2.43. The molecular formula is C14H26N2O2. The van der Waals surface area contributed by atoms with Gasteiger partial charge in [-0.1, -0.05) is 19.3 Å². The first-order valence-corrected chi connectivity index (χ1v) is 7.29. The van der Waals surface area contributed by atoms with E-state index in [9.17, 15) is 9.90 Å². The fraction of sp³-hybridized carbons (Fsp3) is 0.929. The van der Waals surface area contributed by atoms with Crippen LogP contribution >= 0.6 is 0 Å². The average Bonchev–Trinajstić information content (AvgIpc) is 2.95. The maximum atomic E-state index is 11.9. The number of amides is 1. The zero-order valence-corrected chi connectivity index (χ0v) is 11.2. The summed E-state index contributed by atoms with van der Waals surface area (Å²) in [7, 11) is 0. The van der Waals surface area contributed by atoms with E-state index in [1.54, 1.807) is 0 Å². The summed E-state index contributed by atoms with van der Waals surface area (Å²) in [5.41, 5.74) is 5.94. The Hall–Kier alpha value is -0.610. The molecule has 0 aliphatic heterocycles. The molecule has 0 aromatic rings. The standard InChI is InChI=1S/C14H26N2O2/c15-14(6-1-2-7-14)8-13(18)16-9-11-4-3-5-12(11)10-17/h11-12,17H,1-10,15H2,(H,16,18). The Bertz CT molecular complexity index is 288. The SMILES string of the molecule is NC1(CC(=O)NCC2CCCC2CO)CCCC1. The molecule has 2 atom stereocenters. The molecular weight excluding hydrogens is 228 g/mol. The molecule has 0 aromatic heterocycles. The van der Waals surface area contributed by atoms with Crippen LogP contribution in [0.1, 0.15) is 51.4 Å². The fourth-order valence-electron chi connectivity index (χ4n) is 3.51. The minimum absolute atomic E-state index is 0.0861. The fourth-order valence-corrected chi connectivity index (χ4v) is 3.51. The van der Waals surface area contributed by atoms with Crippen molar-refractivity contribution in [1.29, 1.82) is 0 Å². The third-order valence-electron chi connectivity index (χ3n) is 4.72. The number of aliphatic hydroxyl groups is 1. The highest BCUT2D eigenvalue weighted by atomic mass is 16.3. The Labute approximate surface area is 109 Å². The predicted molar refractivity (Wildman–Crippen MR) is 70.9 cm³/mol. The van der Waals surface area contributed by atoms with Crippen molar-refractivity contribution in [3.63, 3.8) is 0 Å². The van der Waals surface area contributed by atoms with Crippen molar-refractivity contribution in [2.24, 2.45) is 17.6 Å². The van der Waals surface area contributed by atoms with Gasteiger partial charge in [0.2, 0.25) is 5.91 Å². The molecule has 104 valence electrons. The van der Waals surface area contributed by atoms with Gasteiger partial charge in [0, 0.05) is 25.1 Å². The summed E-state index contributed by atoms with van der Waals surface area (Å²) in [6, 6.07) is 0. The van der Waals surface area contributed by atoms with E-state index in [4.69, 9.17) is 5.73 Å². The molecule has 4 N–H and O–H groups in total. The molecule has 0 saturated heterocycles. The molecule has 2 unspecified atom stereocenters. The number of hydrogen-bond acceptors (Lipinski definition) is 3. The lowest BCUT2D eigenvalue weighted by molar-refractivity contribution is -0.122. The van der Waals surface area contributed by atoms with Gasteiger partial charge in [-0.2, -0.15) is 0 Å². The molecule has 4 heteroatoms. The van der Waals surface area contributed by atoms with Crippen molar-refractivity contribution >= 4 is 5.91 Å². The predicted octanol–water partition coefficient (Wildman–Crippen LogP) is 1.17. The number of rotatable bonds is 5. The first-order chi connectivity index (χ1) is 8.63. The third kappa shape index (κ3) is 3.45. The summed E-state index contributed by atoms with van der Waals surface area (Å²) in [6.07, 6.45) is 8.11. The van der Waals surface area contributed by atoms with Gasteiger partial charge in [0.05, 0.1) is 0 Å². The minimum Gasteiger partial charge on any atom is -0.396 e. The van der Waals surface area contributed by atoms with Crippen molar-refractivity contribution in [1.82, 2.24) is 5.32 Å². The van der Waals surface area contributed by atoms with Gasteiger partial charge in [0.15, 0.2) is 0 Å². The number of nitrogens with two attached hydrogens (primary N) is 1. The van der Waals surface area contributed by atoms with Crippen molar-refractivity contribution in [2.45, 2.75) is 56.9 Å². The second-order valence-electron chi connectivity index (χ2n) is 6.18. The van der Waals surface area contributed by atoms with Gasteiger partial charge in [-0.25, -0.2) is 0 Å². The topological polar surface area (TPSA) is 75.4 Å². The molecule has 0 aromatic carbocycles. The normalized spacial score (nSPS) is 30.6. The Morgan fingerprint density at radius 3 is 2.56 bits per heavy atom. The van der Waals surface area contributed by atoms with E-state index in [0.29, 0.717) is 24.8 Å². The van der Waals surface area contributed by atoms with Gasteiger partial charge in [0.25, 0.3) is 0 Å². The molecule has 1 amide bonds. The van der Waals surface area contributed by atoms with Gasteiger partial charge >= 0.3 is 0 Å². The zero-order chi connectivity index (χ0) is 13.0. The number of carbonyl (C=O) groups is 1. The van der Waals surface area contributed by atoms with E-state index >= 15 is 0 Å². The van der Waals surface area contributed by atoms with E-state index in [0.717, 1.165) is 38.5 Å². The summed E-state index contributed by atoms with van der Waals surface area (Å²) < 4.78 is 0. The summed E-state index contributed by atoms with van der Waals surface area (Å²) in [5, 5.41) is 12.3. The molecule has 0 heterocycles. The largest absolute Gasteiger partial charge is 0.396 e. The molecule has 2 aliphatic carbocycles. The van der Waals surface area contributed by atoms with Crippen LogP contribution in [0.4, 0.5) is 0 Å². The Morgan fingerprint density at radius 1 is 1.22 bits per heavy atom. The maximum Gasteiger partial charge on any atom is 0.221 e. The van der Waals surface area contributed by atoms with Crippen LogP contribution in [0.2, 0.25) is 0 Å². The van der Waals surface area contributed by atoms with E-state index in [1.807, 2.05) is 0 Å². The second kappa shape index (κ2) is 6.02. The molecule has 2 aliphatic rings.